The molecular formula is C15H19N3S. The van der Waals surface area contributed by atoms with E-state index in [2.05, 4.69) is 38.1 Å². The van der Waals surface area contributed by atoms with Crippen LogP contribution in [0.1, 0.15) is 23.7 Å². The number of nitrogens with zero attached hydrogens (tertiary/aromatic N) is 2. The number of fused-ring (bicyclic) bond motifs is 1. The van der Waals surface area contributed by atoms with E-state index in [1.165, 1.54) is 16.9 Å². The van der Waals surface area contributed by atoms with Gasteiger partial charge in [0.05, 0.1) is 17.4 Å². The van der Waals surface area contributed by atoms with Gasteiger partial charge in [-0.1, -0.05) is 0 Å². The van der Waals surface area contributed by atoms with Gasteiger partial charge >= 0.3 is 0 Å². The van der Waals surface area contributed by atoms with Gasteiger partial charge in [-0.05, 0) is 54.5 Å². The Morgan fingerprint density at radius 3 is 3.21 bits per heavy atom. The SMILES string of the molecule is CNCCC(c1ccsc1)N1CCc2ncccc21. The monoisotopic (exact) mass is 273 g/mol. The number of nitrogens with one attached hydrogen (secondary N) is 1. The van der Waals surface area contributed by atoms with E-state index in [1.54, 1.807) is 11.3 Å². The number of aromatic nitrogens is 1. The first kappa shape index (κ1) is 12.6. The highest BCUT2D eigenvalue weighted by Crippen LogP contribution is 2.36. The highest BCUT2D eigenvalue weighted by atomic mass is 32.1. The molecule has 0 fully saturated rings. The quantitative estimate of drug-likeness (QED) is 0.908. The van der Waals surface area contributed by atoms with Gasteiger partial charge in [0.2, 0.25) is 0 Å². The third kappa shape index (κ3) is 2.51. The first-order chi connectivity index (χ1) is 9.40. The van der Waals surface area contributed by atoms with Crippen molar-refractivity contribution in [3.05, 3.63) is 46.4 Å². The van der Waals surface area contributed by atoms with E-state index < -0.39 is 0 Å². The summed E-state index contributed by atoms with van der Waals surface area (Å²) >= 11 is 1.78. The third-order valence-corrected chi connectivity index (χ3v) is 4.44. The molecule has 3 heterocycles. The topological polar surface area (TPSA) is 28.2 Å². The number of pyridine rings is 1. The molecule has 0 spiro atoms. The average Bonchev–Trinajstić information content (AvgIpc) is 3.09. The van der Waals surface area contributed by atoms with Gasteiger partial charge in [-0.15, -0.1) is 0 Å². The molecule has 0 aromatic carbocycles. The van der Waals surface area contributed by atoms with Crippen molar-refractivity contribution in [2.75, 3.05) is 25.0 Å². The van der Waals surface area contributed by atoms with Gasteiger partial charge in [-0.25, -0.2) is 0 Å². The van der Waals surface area contributed by atoms with Crippen molar-refractivity contribution in [2.24, 2.45) is 0 Å². The fourth-order valence-electron chi connectivity index (χ4n) is 2.80. The summed E-state index contributed by atoms with van der Waals surface area (Å²) in [5.41, 5.74) is 3.99. The summed E-state index contributed by atoms with van der Waals surface area (Å²) in [6, 6.07) is 6.96. The standard InChI is InChI=1S/C15H19N3S/c1-16-8-4-14(12-6-10-19-11-12)18-9-5-13-15(18)3-2-7-17-13/h2-3,6-7,10-11,14,16H,4-5,8-9H2,1H3. The number of anilines is 1. The Morgan fingerprint density at radius 2 is 2.42 bits per heavy atom. The summed E-state index contributed by atoms with van der Waals surface area (Å²) in [7, 11) is 2.02. The van der Waals surface area contributed by atoms with E-state index in [-0.39, 0.29) is 0 Å². The van der Waals surface area contributed by atoms with Crippen LogP contribution in [-0.2, 0) is 6.42 Å². The minimum atomic E-state index is 0.462. The summed E-state index contributed by atoms with van der Waals surface area (Å²) in [5, 5.41) is 7.71. The van der Waals surface area contributed by atoms with Crippen LogP contribution in [0.2, 0.25) is 0 Å². The largest absolute Gasteiger partial charge is 0.363 e. The van der Waals surface area contributed by atoms with Crippen molar-refractivity contribution < 1.29 is 0 Å². The molecule has 0 saturated heterocycles. The molecule has 4 heteroatoms. The van der Waals surface area contributed by atoms with Crippen molar-refractivity contribution in [3.8, 4) is 0 Å². The highest BCUT2D eigenvalue weighted by Gasteiger charge is 2.27. The molecule has 100 valence electrons. The second kappa shape index (κ2) is 5.72. The molecule has 0 aliphatic carbocycles. The van der Waals surface area contributed by atoms with E-state index in [0.717, 1.165) is 25.9 Å². The lowest BCUT2D eigenvalue weighted by Crippen LogP contribution is -2.29. The number of hydrogen-bond donors (Lipinski definition) is 1. The number of thiophene rings is 1. The van der Waals surface area contributed by atoms with E-state index in [0.29, 0.717) is 6.04 Å². The summed E-state index contributed by atoms with van der Waals surface area (Å²) in [6.45, 7) is 2.11. The molecule has 1 aliphatic heterocycles. The second-order valence-electron chi connectivity index (χ2n) is 4.88. The zero-order valence-corrected chi connectivity index (χ0v) is 12.0. The van der Waals surface area contributed by atoms with Gasteiger partial charge < -0.3 is 10.2 Å². The van der Waals surface area contributed by atoms with Crippen molar-refractivity contribution >= 4 is 17.0 Å². The molecule has 3 rings (SSSR count). The van der Waals surface area contributed by atoms with Crippen LogP contribution < -0.4 is 10.2 Å². The van der Waals surface area contributed by atoms with Crippen molar-refractivity contribution in [1.29, 1.82) is 0 Å². The van der Waals surface area contributed by atoms with Crippen LogP contribution >= 0.6 is 11.3 Å². The fraction of sp³-hybridized carbons (Fsp3) is 0.400. The van der Waals surface area contributed by atoms with Crippen LogP contribution in [0.4, 0.5) is 5.69 Å². The van der Waals surface area contributed by atoms with E-state index in [9.17, 15) is 0 Å². The molecule has 1 unspecified atom stereocenters. The summed E-state index contributed by atoms with van der Waals surface area (Å²) in [5.74, 6) is 0. The first-order valence-corrected chi connectivity index (χ1v) is 7.71. The minimum Gasteiger partial charge on any atom is -0.363 e. The molecule has 0 amide bonds. The Kier molecular flexibility index (Phi) is 3.80. The Bertz CT molecular complexity index is 524. The van der Waals surface area contributed by atoms with Crippen LogP contribution in [-0.4, -0.2) is 25.1 Å². The van der Waals surface area contributed by atoms with E-state index in [4.69, 9.17) is 0 Å². The maximum absolute atomic E-state index is 4.50. The second-order valence-corrected chi connectivity index (χ2v) is 5.66. The molecule has 0 bridgehead atoms. The zero-order chi connectivity index (χ0) is 13.1. The predicted molar refractivity (Wildman–Crippen MR) is 80.9 cm³/mol. The molecular weight excluding hydrogens is 254 g/mol. The Balaban J connectivity index is 1.89. The van der Waals surface area contributed by atoms with E-state index >= 15 is 0 Å². The number of rotatable bonds is 5. The maximum atomic E-state index is 4.50. The van der Waals surface area contributed by atoms with Crippen LogP contribution in [0.5, 0.6) is 0 Å². The zero-order valence-electron chi connectivity index (χ0n) is 11.2. The molecule has 2 aromatic heterocycles. The van der Waals surface area contributed by atoms with Gasteiger partial charge in [0.15, 0.2) is 0 Å². The normalized spacial score (nSPS) is 15.5. The Hall–Kier alpha value is -1.39. The van der Waals surface area contributed by atoms with Crippen LogP contribution in [0.25, 0.3) is 0 Å². The van der Waals surface area contributed by atoms with Crippen molar-refractivity contribution in [1.82, 2.24) is 10.3 Å². The van der Waals surface area contributed by atoms with Gasteiger partial charge in [0.25, 0.3) is 0 Å². The Labute approximate surface area is 118 Å². The Morgan fingerprint density at radius 1 is 1.47 bits per heavy atom. The lowest BCUT2D eigenvalue weighted by atomic mass is 10.1. The highest BCUT2D eigenvalue weighted by molar-refractivity contribution is 7.08. The van der Waals surface area contributed by atoms with Crippen LogP contribution in [0, 0.1) is 0 Å². The molecule has 1 aliphatic rings. The van der Waals surface area contributed by atoms with Crippen molar-refractivity contribution in [3.63, 3.8) is 0 Å². The molecule has 19 heavy (non-hydrogen) atoms. The first-order valence-electron chi connectivity index (χ1n) is 6.77. The van der Waals surface area contributed by atoms with Crippen molar-refractivity contribution in [2.45, 2.75) is 18.9 Å². The van der Waals surface area contributed by atoms with Gasteiger partial charge in [-0.2, -0.15) is 11.3 Å². The molecule has 0 saturated carbocycles. The van der Waals surface area contributed by atoms with Gasteiger partial charge in [0.1, 0.15) is 0 Å². The molecule has 0 radical (unpaired) electrons. The fourth-order valence-corrected chi connectivity index (χ4v) is 3.51. The lowest BCUT2D eigenvalue weighted by Gasteiger charge is -2.30. The molecule has 3 nitrogen and oxygen atoms in total. The predicted octanol–water partition coefficient (Wildman–Crippen LogP) is 2.86. The van der Waals surface area contributed by atoms with Crippen LogP contribution in [0.3, 0.4) is 0 Å². The van der Waals surface area contributed by atoms with Gasteiger partial charge in [0, 0.05) is 19.2 Å². The van der Waals surface area contributed by atoms with Gasteiger partial charge in [-0.3, -0.25) is 4.98 Å². The summed E-state index contributed by atoms with van der Waals surface area (Å²) < 4.78 is 0. The smallest absolute Gasteiger partial charge is 0.0654 e. The number of hydrogen-bond acceptors (Lipinski definition) is 4. The third-order valence-electron chi connectivity index (χ3n) is 3.74. The molecule has 1 N–H and O–H groups in total. The summed E-state index contributed by atoms with van der Waals surface area (Å²) in [6.07, 6.45) is 4.09. The maximum Gasteiger partial charge on any atom is 0.0654 e. The molecule has 2 aromatic rings. The average molecular weight is 273 g/mol. The lowest BCUT2D eigenvalue weighted by molar-refractivity contribution is 0.570. The van der Waals surface area contributed by atoms with E-state index in [1.807, 2.05) is 19.3 Å². The molecule has 1 atom stereocenters. The van der Waals surface area contributed by atoms with Crippen LogP contribution in [0.15, 0.2) is 35.2 Å². The minimum absolute atomic E-state index is 0.462. The summed E-state index contributed by atoms with van der Waals surface area (Å²) in [4.78, 5) is 7.01.